The molecule has 2 fully saturated rings. The number of hydrogen-bond acceptors (Lipinski definition) is 2. The number of benzene rings is 1. The van der Waals surface area contributed by atoms with Crippen LogP contribution in [-0.2, 0) is 5.60 Å². The van der Waals surface area contributed by atoms with Crippen molar-refractivity contribution in [1.29, 1.82) is 0 Å². The molecule has 1 aromatic heterocycles. The molecule has 0 amide bonds. The first-order chi connectivity index (χ1) is 8.76. The van der Waals surface area contributed by atoms with Crippen molar-refractivity contribution in [1.82, 2.24) is 9.78 Å². The zero-order chi connectivity index (χ0) is 12.2. The molecule has 2 aliphatic rings. The molecule has 18 heavy (non-hydrogen) atoms. The summed E-state index contributed by atoms with van der Waals surface area (Å²) in [5, 5.41) is 14.5. The van der Waals surface area contributed by atoms with Gasteiger partial charge in [0.2, 0.25) is 0 Å². The van der Waals surface area contributed by atoms with Crippen LogP contribution in [0.2, 0.25) is 0 Å². The number of hydrogen-bond donors (Lipinski definition) is 1. The first-order valence-electron chi connectivity index (χ1n) is 6.63. The van der Waals surface area contributed by atoms with Crippen molar-refractivity contribution >= 4 is 0 Å². The maximum Gasteiger partial charge on any atom is 0.0899 e. The Morgan fingerprint density at radius 3 is 2.44 bits per heavy atom. The highest BCUT2D eigenvalue weighted by molar-refractivity contribution is 5.39. The van der Waals surface area contributed by atoms with Crippen molar-refractivity contribution in [2.75, 3.05) is 0 Å². The van der Waals surface area contributed by atoms with Gasteiger partial charge in [-0.2, -0.15) is 5.10 Å². The Labute approximate surface area is 106 Å². The van der Waals surface area contributed by atoms with Crippen LogP contribution in [0.5, 0.6) is 0 Å². The van der Waals surface area contributed by atoms with Crippen molar-refractivity contribution in [2.45, 2.75) is 37.2 Å². The van der Waals surface area contributed by atoms with Gasteiger partial charge in [-0.25, -0.2) is 4.68 Å². The molecule has 0 radical (unpaired) electrons. The fourth-order valence-corrected chi connectivity index (χ4v) is 2.54. The molecule has 0 bridgehead atoms. The summed E-state index contributed by atoms with van der Waals surface area (Å²) in [5.41, 5.74) is 2.90. The summed E-state index contributed by atoms with van der Waals surface area (Å²) in [6.07, 6.45) is 6.21. The molecule has 0 saturated heterocycles. The summed E-state index contributed by atoms with van der Waals surface area (Å²) in [4.78, 5) is 0. The fourth-order valence-electron chi connectivity index (χ4n) is 2.54. The maximum atomic E-state index is 10.1. The molecule has 2 aromatic rings. The molecular weight excluding hydrogens is 224 g/mol. The average molecular weight is 240 g/mol. The molecule has 2 aliphatic carbocycles. The highest BCUT2D eigenvalue weighted by atomic mass is 16.3. The number of aromatic nitrogens is 2. The molecule has 0 spiro atoms. The molecule has 0 unspecified atom stereocenters. The highest BCUT2D eigenvalue weighted by Crippen LogP contribution is 2.45. The largest absolute Gasteiger partial charge is 0.385 e. The Morgan fingerprint density at radius 1 is 1.11 bits per heavy atom. The summed E-state index contributed by atoms with van der Waals surface area (Å²) >= 11 is 0. The van der Waals surface area contributed by atoms with Gasteiger partial charge in [0, 0.05) is 17.8 Å². The summed E-state index contributed by atoms with van der Waals surface area (Å²) < 4.78 is 2.03. The zero-order valence-electron chi connectivity index (χ0n) is 10.2. The number of aliphatic hydroxyl groups is 1. The van der Waals surface area contributed by atoms with Gasteiger partial charge in [-0.05, 0) is 49.4 Å². The van der Waals surface area contributed by atoms with Crippen LogP contribution in [0.3, 0.4) is 0 Å². The molecule has 0 aliphatic heterocycles. The Bertz CT molecular complexity index is 577. The normalized spacial score (nSPS) is 20.9. The topological polar surface area (TPSA) is 38.0 Å². The van der Waals surface area contributed by atoms with E-state index in [1.54, 1.807) is 0 Å². The van der Waals surface area contributed by atoms with Crippen molar-refractivity contribution in [2.24, 2.45) is 0 Å². The van der Waals surface area contributed by atoms with Gasteiger partial charge in [0.25, 0.3) is 0 Å². The second-order valence-corrected chi connectivity index (χ2v) is 5.52. The van der Waals surface area contributed by atoms with Gasteiger partial charge in [0.15, 0.2) is 0 Å². The van der Waals surface area contributed by atoms with Crippen LogP contribution < -0.4 is 0 Å². The molecule has 1 heterocycles. The lowest BCUT2D eigenvalue weighted by Gasteiger charge is -2.10. The van der Waals surface area contributed by atoms with Gasteiger partial charge in [-0.15, -0.1) is 0 Å². The molecular formula is C15H16N2O. The minimum Gasteiger partial charge on any atom is -0.385 e. The third-order valence-electron chi connectivity index (χ3n) is 4.04. The lowest BCUT2D eigenvalue weighted by molar-refractivity contribution is 0.151. The van der Waals surface area contributed by atoms with Crippen LogP contribution in [0.1, 0.15) is 42.9 Å². The molecule has 3 nitrogen and oxygen atoms in total. The Morgan fingerprint density at radius 2 is 1.83 bits per heavy atom. The van der Waals surface area contributed by atoms with Crippen molar-refractivity contribution in [3.8, 4) is 5.69 Å². The molecule has 0 atom stereocenters. The SMILES string of the molecule is OC1(c2ccc(-n3nccc3C3CC3)cc2)CC1. The summed E-state index contributed by atoms with van der Waals surface area (Å²) in [6, 6.07) is 10.3. The van der Waals surface area contributed by atoms with Gasteiger partial charge < -0.3 is 5.11 Å². The number of rotatable bonds is 3. The van der Waals surface area contributed by atoms with Gasteiger partial charge in [0.05, 0.1) is 11.3 Å². The first kappa shape index (κ1) is 10.3. The Kier molecular flexibility index (Phi) is 1.98. The van der Waals surface area contributed by atoms with Gasteiger partial charge >= 0.3 is 0 Å². The smallest absolute Gasteiger partial charge is 0.0899 e. The quantitative estimate of drug-likeness (QED) is 0.895. The Hall–Kier alpha value is -1.61. The third-order valence-corrected chi connectivity index (χ3v) is 4.04. The highest BCUT2D eigenvalue weighted by Gasteiger charge is 2.41. The summed E-state index contributed by atoms with van der Waals surface area (Å²) in [7, 11) is 0. The predicted octanol–water partition coefficient (Wildman–Crippen LogP) is 2.73. The number of nitrogens with zero attached hydrogens (tertiary/aromatic N) is 2. The van der Waals surface area contributed by atoms with Crippen LogP contribution in [0, 0.1) is 0 Å². The van der Waals surface area contributed by atoms with E-state index >= 15 is 0 Å². The molecule has 2 saturated carbocycles. The van der Waals surface area contributed by atoms with E-state index in [1.165, 1.54) is 18.5 Å². The van der Waals surface area contributed by atoms with Crippen LogP contribution in [-0.4, -0.2) is 14.9 Å². The van der Waals surface area contributed by atoms with Gasteiger partial charge in [0.1, 0.15) is 0 Å². The van der Waals surface area contributed by atoms with Crippen molar-refractivity contribution < 1.29 is 5.11 Å². The molecule has 92 valence electrons. The second-order valence-electron chi connectivity index (χ2n) is 5.52. The van der Waals surface area contributed by atoms with E-state index in [0.29, 0.717) is 5.92 Å². The van der Waals surface area contributed by atoms with Crippen LogP contribution >= 0.6 is 0 Å². The third kappa shape index (κ3) is 1.58. The van der Waals surface area contributed by atoms with E-state index in [2.05, 4.69) is 23.3 Å². The lowest BCUT2D eigenvalue weighted by atomic mass is 10.1. The minimum atomic E-state index is -0.540. The van der Waals surface area contributed by atoms with E-state index in [9.17, 15) is 5.11 Å². The standard InChI is InChI=1S/C15H16N2O/c18-15(8-9-15)12-3-5-13(6-4-12)17-14(7-10-16-17)11-1-2-11/h3-7,10-11,18H,1-2,8-9H2. The second kappa shape index (κ2) is 3.45. The van der Waals surface area contributed by atoms with Crippen LogP contribution in [0.4, 0.5) is 0 Å². The molecule has 4 rings (SSSR count). The van der Waals surface area contributed by atoms with Crippen molar-refractivity contribution in [3.63, 3.8) is 0 Å². The fraction of sp³-hybridized carbons (Fsp3) is 0.400. The minimum absolute atomic E-state index is 0.540. The lowest BCUT2D eigenvalue weighted by Crippen LogP contribution is -2.05. The monoisotopic (exact) mass is 240 g/mol. The average Bonchev–Trinajstić information content (AvgIpc) is 3.32. The van der Waals surface area contributed by atoms with Gasteiger partial charge in [-0.1, -0.05) is 12.1 Å². The van der Waals surface area contributed by atoms with E-state index < -0.39 is 5.60 Å². The van der Waals surface area contributed by atoms with E-state index in [4.69, 9.17) is 0 Å². The zero-order valence-corrected chi connectivity index (χ0v) is 10.2. The van der Waals surface area contributed by atoms with Crippen LogP contribution in [0.25, 0.3) is 5.69 Å². The predicted molar refractivity (Wildman–Crippen MR) is 68.7 cm³/mol. The summed E-state index contributed by atoms with van der Waals surface area (Å²) in [5.74, 6) is 0.694. The first-order valence-corrected chi connectivity index (χ1v) is 6.63. The van der Waals surface area contributed by atoms with Crippen molar-refractivity contribution in [3.05, 3.63) is 47.8 Å². The molecule has 1 aromatic carbocycles. The van der Waals surface area contributed by atoms with Crippen LogP contribution in [0.15, 0.2) is 36.5 Å². The Balaban J connectivity index is 1.69. The maximum absolute atomic E-state index is 10.1. The van der Waals surface area contributed by atoms with Gasteiger partial charge in [-0.3, -0.25) is 0 Å². The molecule has 1 N–H and O–H groups in total. The van der Waals surface area contributed by atoms with E-state index in [1.807, 2.05) is 23.0 Å². The summed E-state index contributed by atoms with van der Waals surface area (Å²) in [6.45, 7) is 0. The molecule has 3 heteroatoms. The van der Waals surface area contributed by atoms with E-state index in [-0.39, 0.29) is 0 Å². The van der Waals surface area contributed by atoms with E-state index in [0.717, 1.165) is 24.1 Å².